The number of amides is 1. The highest BCUT2D eigenvalue weighted by Crippen LogP contribution is 2.25. The SMILES string of the molecule is O=C(COCC1CCCO1)Nc1cc(-c2ccccc2)ns1. The molecule has 0 aliphatic carbocycles. The number of hydrogen-bond acceptors (Lipinski definition) is 5. The summed E-state index contributed by atoms with van der Waals surface area (Å²) in [4.78, 5) is 11.8. The van der Waals surface area contributed by atoms with Gasteiger partial charge < -0.3 is 14.8 Å². The van der Waals surface area contributed by atoms with Gasteiger partial charge in [-0.2, -0.15) is 4.37 Å². The molecule has 2 aromatic rings. The van der Waals surface area contributed by atoms with Gasteiger partial charge in [-0.3, -0.25) is 4.79 Å². The Morgan fingerprint density at radius 3 is 3.05 bits per heavy atom. The molecule has 1 aromatic heterocycles. The summed E-state index contributed by atoms with van der Waals surface area (Å²) < 4.78 is 15.2. The third kappa shape index (κ3) is 4.13. The summed E-state index contributed by atoms with van der Waals surface area (Å²) in [5.74, 6) is -0.166. The fourth-order valence-corrected chi connectivity index (χ4v) is 2.99. The molecule has 1 atom stereocenters. The maximum Gasteiger partial charge on any atom is 0.251 e. The van der Waals surface area contributed by atoms with Gasteiger partial charge in [-0.05, 0) is 24.4 Å². The lowest BCUT2D eigenvalue weighted by Crippen LogP contribution is -2.22. The topological polar surface area (TPSA) is 60.5 Å². The Morgan fingerprint density at radius 2 is 2.27 bits per heavy atom. The van der Waals surface area contributed by atoms with Gasteiger partial charge in [0.05, 0.1) is 18.4 Å². The summed E-state index contributed by atoms with van der Waals surface area (Å²) in [5, 5.41) is 3.54. The Morgan fingerprint density at radius 1 is 1.41 bits per heavy atom. The van der Waals surface area contributed by atoms with E-state index < -0.39 is 0 Å². The van der Waals surface area contributed by atoms with Crippen LogP contribution in [0.15, 0.2) is 36.4 Å². The highest BCUT2D eigenvalue weighted by atomic mass is 32.1. The van der Waals surface area contributed by atoms with Crippen LogP contribution in [-0.4, -0.2) is 36.2 Å². The molecule has 1 fully saturated rings. The monoisotopic (exact) mass is 318 g/mol. The Labute approximate surface area is 133 Å². The molecule has 2 heterocycles. The molecule has 6 heteroatoms. The summed E-state index contributed by atoms with van der Waals surface area (Å²) in [6, 6.07) is 11.7. The summed E-state index contributed by atoms with van der Waals surface area (Å²) in [6.45, 7) is 1.31. The predicted octanol–water partition coefficient (Wildman–Crippen LogP) is 2.94. The summed E-state index contributed by atoms with van der Waals surface area (Å²) in [5.41, 5.74) is 1.90. The molecule has 0 saturated carbocycles. The third-order valence-corrected chi connectivity index (χ3v) is 4.11. The van der Waals surface area contributed by atoms with Crippen LogP contribution in [0.2, 0.25) is 0 Å². The fourth-order valence-electron chi connectivity index (χ4n) is 2.31. The summed E-state index contributed by atoms with van der Waals surface area (Å²) in [6.07, 6.45) is 2.22. The smallest absolute Gasteiger partial charge is 0.251 e. The molecule has 1 N–H and O–H groups in total. The lowest BCUT2D eigenvalue weighted by molar-refractivity contribution is -0.121. The number of carbonyl (C=O) groups excluding carboxylic acids is 1. The van der Waals surface area contributed by atoms with Crippen LogP contribution in [-0.2, 0) is 14.3 Å². The normalized spacial score (nSPS) is 17.5. The van der Waals surface area contributed by atoms with Gasteiger partial charge in [-0.1, -0.05) is 30.3 Å². The summed E-state index contributed by atoms with van der Waals surface area (Å²) in [7, 11) is 0. The first-order chi connectivity index (χ1) is 10.8. The Kier molecular flexibility index (Phi) is 5.15. The lowest BCUT2D eigenvalue weighted by atomic mass is 10.2. The fraction of sp³-hybridized carbons (Fsp3) is 0.375. The van der Waals surface area contributed by atoms with E-state index in [1.54, 1.807) is 0 Å². The number of benzene rings is 1. The number of rotatable bonds is 6. The van der Waals surface area contributed by atoms with Gasteiger partial charge >= 0.3 is 0 Å². The van der Waals surface area contributed by atoms with Crippen LogP contribution >= 0.6 is 11.5 Å². The molecule has 1 aliphatic rings. The van der Waals surface area contributed by atoms with E-state index in [0.717, 1.165) is 35.7 Å². The second kappa shape index (κ2) is 7.49. The number of nitrogens with zero attached hydrogens (tertiary/aromatic N) is 1. The van der Waals surface area contributed by atoms with Crippen molar-refractivity contribution in [3.8, 4) is 11.3 Å². The zero-order valence-electron chi connectivity index (χ0n) is 12.2. The van der Waals surface area contributed by atoms with E-state index in [-0.39, 0.29) is 18.6 Å². The molecule has 1 aromatic carbocycles. The van der Waals surface area contributed by atoms with Crippen molar-refractivity contribution in [3.63, 3.8) is 0 Å². The first kappa shape index (κ1) is 15.1. The van der Waals surface area contributed by atoms with Gasteiger partial charge in [0, 0.05) is 18.2 Å². The molecular formula is C16H18N2O3S. The molecule has 0 bridgehead atoms. The quantitative estimate of drug-likeness (QED) is 0.889. The molecule has 1 aliphatic heterocycles. The van der Waals surface area contributed by atoms with Crippen molar-refractivity contribution in [1.29, 1.82) is 0 Å². The molecule has 1 unspecified atom stereocenters. The molecule has 1 amide bonds. The molecule has 116 valence electrons. The highest BCUT2D eigenvalue weighted by Gasteiger charge is 2.16. The van der Waals surface area contributed by atoms with Gasteiger partial charge in [-0.25, -0.2) is 0 Å². The van der Waals surface area contributed by atoms with Crippen molar-refractivity contribution in [1.82, 2.24) is 4.37 Å². The molecule has 0 spiro atoms. The Balaban J connectivity index is 1.46. The maximum atomic E-state index is 11.8. The van der Waals surface area contributed by atoms with Crippen molar-refractivity contribution < 1.29 is 14.3 Å². The van der Waals surface area contributed by atoms with Gasteiger partial charge in [0.1, 0.15) is 11.6 Å². The minimum atomic E-state index is -0.166. The van der Waals surface area contributed by atoms with Crippen LogP contribution in [0.25, 0.3) is 11.3 Å². The van der Waals surface area contributed by atoms with Crippen LogP contribution in [0.3, 0.4) is 0 Å². The number of aromatic nitrogens is 1. The zero-order valence-corrected chi connectivity index (χ0v) is 13.0. The second-order valence-electron chi connectivity index (χ2n) is 5.14. The van der Waals surface area contributed by atoms with Crippen molar-refractivity contribution in [2.45, 2.75) is 18.9 Å². The molecular weight excluding hydrogens is 300 g/mol. The van der Waals surface area contributed by atoms with Crippen molar-refractivity contribution in [3.05, 3.63) is 36.4 Å². The van der Waals surface area contributed by atoms with Gasteiger partial charge in [-0.15, -0.1) is 0 Å². The van der Waals surface area contributed by atoms with E-state index in [2.05, 4.69) is 9.69 Å². The van der Waals surface area contributed by atoms with E-state index in [0.29, 0.717) is 6.61 Å². The first-order valence-electron chi connectivity index (χ1n) is 7.32. The minimum Gasteiger partial charge on any atom is -0.376 e. The predicted molar refractivity (Wildman–Crippen MR) is 86.0 cm³/mol. The van der Waals surface area contributed by atoms with Crippen LogP contribution < -0.4 is 5.32 Å². The number of nitrogens with one attached hydrogen (secondary N) is 1. The number of anilines is 1. The van der Waals surface area contributed by atoms with Crippen molar-refractivity contribution in [2.24, 2.45) is 0 Å². The average molecular weight is 318 g/mol. The molecule has 3 rings (SSSR count). The van der Waals surface area contributed by atoms with Crippen LogP contribution in [0, 0.1) is 0 Å². The van der Waals surface area contributed by atoms with Crippen molar-refractivity contribution >= 4 is 22.4 Å². The zero-order chi connectivity index (χ0) is 15.2. The molecule has 22 heavy (non-hydrogen) atoms. The third-order valence-electron chi connectivity index (χ3n) is 3.40. The van der Waals surface area contributed by atoms with E-state index in [1.165, 1.54) is 11.5 Å². The van der Waals surface area contributed by atoms with Crippen LogP contribution in [0.4, 0.5) is 5.00 Å². The van der Waals surface area contributed by atoms with Gasteiger partial charge in [0.15, 0.2) is 0 Å². The molecule has 0 radical (unpaired) electrons. The van der Waals surface area contributed by atoms with E-state index in [9.17, 15) is 4.79 Å². The second-order valence-corrected chi connectivity index (χ2v) is 5.95. The Hall–Kier alpha value is -1.76. The maximum absolute atomic E-state index is 11.8. The Bertz CT molecular complexity index is 609. The summed E-state index contributed by atoms with van der Waals surface area (Å²) >= 11 is 1.27. The number of hydrogen-bond donors (Lipinski definition) is 1. The lowest BCUT2D eigenvalue weighted by Gasteiger charge is -2.09. The first-order valence-corrected chi connectivity index (χ1v) is 8.10. The standard InChI is InChI=1S/C16H18N2O3S/c19-15(11-20-10-13-7-4-8-21-13)17-16-9-14(18-22-16)12-5-2-1-3-6-12/h1-3,5-6,9,13H,4,7-8,10-11H2,(H,17,19). The van der Waals surface area contributed by atoms with Gasteiger partial charge in [0.2, 0.25) is 0 Å². The largest absolute Gasteiger partial charge is 0.376 e. The minimum absolute atomic E-state index is 0.0401. The molecule has 5 nitrogen and oxygen atoms in total. The van der Waals surface area contributed by atoms with Crippen molar-refractivity contribution in [2.75, 3.05) is 25.1 Å². The van der Waals surface area contributed by atoms with Crippen LogP contribution in [0.1, 0.15) is 12.8 Å². The van der Waals surface area contributed by atoms with E-state index >= 15 is 0 Å². The number of carbonyl (C=O) groups is 1. The molecule has 1 saturated heterocycles. The van der Waals surface area contributed by atoms with Crippen LogP contribution in [0.5, 0.6) is 0 Å². The van der Waals surface area contributed by atoms with Gasteiger partial charge in [0.25, 0.3) is 5.91 Å². The average Bonchev–Trinajstić information content (AvgIpc) is 3.20. The van der Waals surface area contributed by atoms with E-state index in [1.807, 2.05) is 36.4 Å². The number of ether oxygens (including phenoxy) is 2. The van der Waals surface area contributed by atoms with E-state index in [4.69, 9.17) is 9.47 Å². The highest BCUT2D eigenvalue weighted by molar-refractivity contribution is 7.10.